The Hall–Kier alpha value is -2.54. The number of hydrogen-bond donors (Lipinski definition) is 0. The normalized spacial score (nSPS) is 18.6. The molecule has 4 rings (SSSR count). The maximum atomic E-state index is 4.48. The Morgan fingerprint density at radius 1 is 1.26 bits per heavy atom. The summed E-state index contributed by atoms with van der Waals surface area (Å²) in [5.41, 5.74) is 1.92. The molecule has 0 bridgehead atoms. The van der Waals surface area contributed by atoms with Crippen LogP contribution in [0.3, 0.4) is 0 Å². The van der Waals surface area contributed by atoms with E-state index in [4.69, 9.17) is 0 Å². The summed E-state index contributed by atoms with van der Waals surface area (Å²) in [4.78, 5) is 15.1. The van der Waals surface area contributed by atoms with E-state index in [0.717, 1.165) is 37.4 Å². The number of aromatic nitrogens is 6. The molecule has 4 heterocycles. The predicted octanol–water partition coefficient (Wildman–Crippen LogP) is 1.52. The standard InChI is InChI=1S/C16H19N7/c1-21-7-5-18-16(21)13-3-6-22(9-13)12-23-10-14(8-20-23)15-2-4-17-11-19-15/h2,4-5,7-8,10-11,13H,3,6,9,12H2,1H3. The zero-order chi connectivity index (χ0) is 15.6. The van der Waals surface area contributed by atoms with Crippen LogP contribution >= 0.6 is 0 Å². The van der Waals surface area contributed by atoms with Crippen molar-refractivity contribution in [1.82, 2.24) is 34.2 Å². The van der Waals surface area contributed by atoms with E-state index in [2.05, 4.69) is 36.6 Å². The zero-order valence-corrected chi connectivity index (χ0v) is 13.1. The second-order valence-corrected chi connectivity index (χ2v) is 5.96. The van der Waals surface area contributed by atoms with Gasteiger partial charge in [0, 0.05) is 56.4 Å². The Labute approximate surface area is 134 Å². The Morgan fingerprint density at radius 2 is 2.22 bits per heavy atom. The van der Waals surface area contributed by atoms with Crippen molar-refractivity contribution in [3.63, 3.8) is 0 Å². The minimum absolute atomic E-state index is 0.506. The highest BCUT2D eigenvalue weighted by Crippen LogP contribution is 2.26. The number of hydrogen-bond acceptors (Lipinski definition) is 5. The van der Waals surface area contributed by atoms with Crippen LogP contribution in [0, 0.1) is 0 Å². The quantitative estimate of drug-likeness (QED) is 0.731. The van der Waals surface area contributed by atoms with E-state index in [1.807, 2.05) is 35.5 Å². The molecule has 23 heavy (non-hydrogen) atoms. The summed E-state index contributed by atoms with van der Waals surface area (Å²) in [7, 11) is 2.06. The molecular weight excluding hydrogens is 290 g/mol. The van der Waals surface area contributed by atoms with Gasteiger partial charge in [-0.1, -0.05) is 0 Å². The van der Waals surface area contributed by atoms with Crippen LogP contribution in [-0.2, 0) is 13.7 Å². The van der Waals surface area contributed by atoms with Crippen molar-refractivity contribution in [3.05, 3.63) is 49.2 Å². The molecule has 0 radical (unpaired) electrons. The highest BCUT2D eigenvalue weighted by molar-refractivity contribution is 5.55. The zero-order valence-electron chi connectivity index (χ0n) is 13.1. The molecule has 0 N–H and O–H groups in total. The number of aryl methyl sites for hydroxylation is 1. The van der Waals surface area contributed by atoms with Gasteiger partial charge in [-0.3, -0.25) is 9.58 Å². The number of imidazole rings is 1. The Balaban J connectivity index is 1.42. The van der Waals surface area contributed by atoms with Crippen LogP contribution in [0.2, 0.25) is 0 Å². The molecule has 1 unspecified atom stereocenters. The summed E-state index contributed by atoms with van der Waals surface area (Å²) in [5, 5.41) is 4.46. The van der Waals surface area contributed by atoms with Crippen LogP contribution in [0.4, 0.5) is 0 Å². The van der Waals surface area contributed by atoms with E-state index < -0.39 is 0 Å². The monoisotopic (exact) mass is 309 g/mol. The number of nitrogens with zero attached hydrogens (tertiary/aromatic N) is 7. The molecule has 0 aromatic carbocycles. The van der Waals surface area contributed by atoms with Crippen LogP contribution in [0.15, 0.2) is 43.4 Å². The Morgan fingerprint density at radius 3 is 3.00 bits per heavy atom. The van der Waals surface area contributed by atoms with Crippen molar-refractivity contribution in [2.24, 2.45) is 7.05 Å². The van der Waals surface area contributed by atoms with Gasteiger partial charge < -0.3 is 4.57 Å². The van der Waals surface area contributed by atoms with E-state index >= 15 is 0 Å². The van der Waals surface area contributed by atoms with Gasteiger partial charge in [0.05, 0.1) is 18.6 Å². The first kappa shape index (κ1) is 14.1. The summed E-state index contributed by atoms with van der Waals surface area (Å²) in [6.45, 7) is 2.89. The molecule has 3 aromatic rings. The SMILES string of the molecule is Cn1ccnc1C1CCN(Cn2cc(-c3ccncn3)cn2)C1. The van der Waals surface area contributed by atoms with Crippen molar-refractivity contribution in [1.29, 1.82) is 0 Å². The molecule has 3 aromatic heterocycles. The third kappa shape index (κ3) is 2.87. The third-order valence-corrected chi connectivity index (χ3v) is 4.35. The first-order valence-corrected chi connectivity index (χ1v) is 7.78. The van der Waals surface area contributed by atoms with Gasteiger partial charge in [0.15, 0.2) is 0 Å². The first-order chi connectivity index (χ1) is 11.3. The van der Waals surface area contributed by atoms with Crippen molar-refractivity contribution in [2.75, 3.05) is 13.1 Å². The van der Waals surface area contributed by atoms with Gasteiger partial charge in [-0.2, -0.15) is 5.10 Å². The van der Waals surface area contributed by atoms with Crippen molar-refractivity contribution in [3.8, 4) is 11.3 Å². The average molecular weight is 309 g/mol. The fourth-order valence-corrected chi connectivity index (χ4v) is 3.18. The smallest absolute Gasteiger partial charge is 0.116 e. The highest BCUT2D eigenvalue weighted by Gasteiger charge is 2.26. The van der Waals surface area contributed by atoms with Crippen LogP contribution in [0.1, 0.15) is 18.2 Å². The lowest BCUT2D eigenvalue weighted by Gasteiger charge is -2.15. The van der Waals surface area contributed by atoms with Crippen molar-refractivity contribution < 1.29 is 0 Å². The van der Waals surface area contributed by atoms with Crippen LogP contribution in [0.25, 0.3) is 11.3 Å². The second-order valence-electron chi connectivity index (χ2n) is 5.96. The Bertz CT molecular complexity index is 777. The summed E-state index contributed by atoms with van der Waals surface area (Å²) in [5.74, 6) is 1.68. The highest BCUT2D eigenvalue weighted by atomic mass is 15.4. The predicted molar refractivity (Wildman–Crippen MR) is 85.4 cm³/mol. The minimum Gasteiger partial charge on any atom is -0.338 e. The summed E-state index contributed by atoms with van der Waals surface area (Å²) in [6, 6.07) is 1.90. The topological polar surface area (TPSA) is 64.7 Å². The van der Waals surface area contributed by atoms with E-state index in [1.165, 1.54) is 5.82 Å². The van der Waals surface area contributed by atoms with Crippen LogP contribution in [0.5, 0.6) is 0 Å². The molecule has 0 saturated carbocycles. The van der Waals surface area contributed by atoms with Gasteiger partial charge >= 0.3 is 0 Å². The molecule has 1 saturated heterocycles. The van der Waals surface area contributed by atoms with Crippen LogP contribution < -0.4 is 0 Å². The first-order valence-electron chi connectivity index (χ1n) is 7.78. The summed E-state index contributed by atoms with van der Waals surface area (Å²) < 4.78 is 4.09. The van der Waals surface area contributed by atoms with E-state index in [9.17, 15) is 0 Å². The lowest BCUT2D eigenvalue weighted by atomic mass is 10.1. The maximum absolute atomic E-state index is 4.48. The molecule has 1 fully saturated rings. The van der Waals surface area contributed by atoms with Gasteiger partial charge in [0.1, 0.15) is 12.2 Å². The molecular formula is C16H19N7. The minimum atomic E-state index is 0.506. The molecule has 1 aliphatic heterocycles. The molecule has 0 amide bonds. The maximum Gasteiger partial charge on any atom is 0.116 e. The largest absolute Gasteiger partial charge is 0.338 e. The van der Waals surface area contributed by atoms with Crippen LogP contribution in [-0.4, -0.2) is 47.3 Å². The van der Waals surface area contributed by atoms with Crippen molar-refractivity contribution in [2.45, 2.75) is 19.0 Å². The van der Waals surface area contributed by atoms with E-state index in [-0.39, 0.29) is 0 Å². The third-order valence-electron chi connectivity index (χ3n) is 4.35. The summed E-state index contributed by atoms with van der Waals surface area (Å²) >= 11 is 0. The summed E-state index contributed by atoms with van der Waals surface area (Å²) in [6.07, 6.45) is 12.2. The molecule has 7 heteroatoms. The lowest BCUT2D eigenvalue weighted by Crippen LogP contribution is -2.24. The van der Waals surface area contributed by atoms with Gasteiger partial charge in [0.2, 0.25) is 0 Å². The van der Waals surface area contributed by atoms with Crippen molar-refractivity contribution >= 4 is 0 Å². The molecule has 7 nitrogen and oxygen atoms in total. The molecule has 1 atom stereocenters. The van der Waals surface area contributed by atoms with Gasteiger partial charge in [-0.25, -0.2) is 15.0 Å². The number of rotatable bonds is 4. The van der Waals surface area contributed by atoms with E-state index in [0.29, 0.717) is 5.92 Å². The Kier molecular flexibility index (Phi) is 3.63. The average Bonchev–Trinajstić information content (AvgIpc) is 3.30. The number of likely N-dealkylation sites (tertiary alicyclic amines) is 1. The molecule has 0 spiro atoms. The van der Waals surface area contributed by atoms with Gasteiger partial charge in [-0.05, 0) is 12.5 Å². The molecule has 1 aliphatic rings. The second kappa shape index (κ2) is 5.92. The molecule has 0 aliphatic carbocycles. The lowest BCUT2D eigenvalue weighted by molar-refractivity contribution is 0.251. The van der Waals surface area contributed by atoms with Gasteiger partial charge in [-0.15, -0.1) is 0 Å². The van der Waals surface area contributed by atoms with Gasteiger partial charge in [0.25, 0.3) is 0 Å². The fraction of sp³-hybridized carbons (Fsp3) is 0.375. The molecule has 118 valence electrons. The fourth-order valence-electron chi connectivity index (χ4n) is 3.18. The van der Waals surface area contributed by atoms with E-state index in [1.54, 1.807) is 12.5 Å².